The fraction of sp³-hybridized carbons (Fsp3) is 0.389. The molecule has 0 spiro atoms. The maximum atomic E-state index is 12.8. The highest BCUT2D eigenvalue weighted by Crippen LogP contribution is 2.24. The first-order chi connectivity index (χ1) is 11.4. The van der Waals surface area contributed by atoms with Crippen LogP contribution < -0.4 is 4.74 Å². The van der Waals surface area contributed by atoms with Gasteiger partial charge in [0.1, 0.15) is 17.3 Å². The number of benzene rings is 1. The summed E-state index contributed by atoms with van der Waals surface area (Å²) < 4.78 is 23.4. The zero-order valence-corrected chi connectivity index (χ0v) is 14.1. The Bertz CT molecular complexity index is 692. The van der Waals surface area contributed by atoms with E-state index in [4.69, 9.17) is 9.47 Å². The Morgan fingerprint density at radius 1 is 1.25 bits per heavy atom. The number of aliphatic hydroxyl groups excluding tert-OH is 1. The van der Waals surface area contributed by atoms with E-state index in [9.17, 15) is 14.3 Å². The van der Waals surface area contributed by atoms with E-state index >= 15 is 0 Å². The normalized spacial score (nSPS) is 12.0. The predicted octanol–water partition coefficient (Wildman–Crippen LogP) is 3.45. The van der Waals surface area contributed by atoms with Gasteiger partial charge in [0.25, 0.3) is 0 Å². The van der Waals surface area contributed by atoms with E-state index in [-0.39, 0.29) is 12.4 Å². The molecule has 0 unspecified atom stereocenters. The van der Waals surface area contributed by atoms with Gasteiger partial charge in [-0.3, -0.25) is 0 Å². The monoisotopic (exact) mass is 335 g/mol. The van der Waals surface area contributed by atoms with E-state index in [1.165, 1.54) is 12.1 Å². The number of halogens is 1. The quantitative estimate of drug-likeness (QED) is 0.600. The summed E-state index contributed by atoms with van der Waals surface area (Å²) in [5, 5.41) is 9.74. The van der Waals surface area contributed by atoms with Gasteiger partial charge in [-0.2, -0.15) is 0 Å². The van der Waals surface area contributed by atoms with Crippen LogP contribution in [0.5, 0.6) is 5.75 Å². The highest BCUT2D eigenvalue weighted by atomic mass is 19.1. The maximum absolute atomic E-state index is 12.8. The molecular weight excluding hydrogens is 313 g/mol. The number of aliphatic hydroxyl groups is 1. The molecule has 1 aromatic heterocycles. The van der Waals surface area contributed by atoms with Crippen molar-refractivity contribution in [3.63, 3.8) is 0 Å². The van der Waals surface area contributed by atoms with Gasteiger partial charge in [0, 0.05) is 17.7 Å². The van der Waals surface area contributed by atoms with Gasteiger partial charge in [-0.05, 0) is 50.6 Å². The number of carbonyl (C=O) groups excluding carboxylic acids is 1. The van der Waals surface area contributed by atoms with Crippen LogP contribution >= 0.6 is 0 Å². The van der Waals surface area contributed by atoms with Crippen LogP contribution in [0.1, 0.15) is 46.8 Å². The van der Waals surface area contributed by atoms with Crippen molar-refractivity contribution >= 4 is 5.97 Å². The van der Waals surface area contributed by atoms with Crippen molar-refractivity contribution in [1.82, 2.24) is 4.98 Å². The van der Waals surface area contributed by atoms with Crippen molar-refractivity contribution in [2.75, 3.05) is 13.2 Å². The Hall–Kier alpha value is -2.34. The Balaban J connectivity index is 1.79. The molecule has 0 aliphatic carbocycles. The molecular formula is C18H22FNO4. The third kappa shape index (κ3) is 4.35. The van der Waals surface area contributed by atoms with Crippen LogP contribution in [0.3, 0.4) is 0 Å². The first kappa shape index (κ1) is 18.0. The second-order valence-corrected chi connectivity index (χ2v) is 5.63. The lowest BCUT2D eigenvalue weighted by Gasteiger charge is -2.07. The zero-order valence-electron chi connectivity index (χ0n) is 14.1. The molecule has 0 amide bonds. The zero-order chi connectivity index (χ0) is 17.7. The van der Waals surface area contributed by atoms with Crippen molar-refractivity contribution < 1.29 is 23.8 Å². The summed E-state index contributed by atoms with van der Waals surface area (Å²) in [7, 11) is 0. The lowest BCUT2D eigenvalue weighted by molar-refractivity contribution is 0.0479. The minimum Gasteiger partial charge on any atom is -0.493 e. The van der Waals surface area contributed by atoms with E-state index < -0.39 is 12.1 Å². The number of ether oxygens (including phenoxy) is 2. The number of aryl methyl sites for hydroxylation is 1. The molecule has 5 nitrogen and oxygen atoms in total. The molecule has 24 heavy (non-hydrogen) atoms. The van der Waals surface area contributed by atoms with E-state index in [1.54, 1.807) is 26.0 Å². The number of H-pyrrole nitrogens is 1. The van der Waals surface area contributed by atoms with Crippen molar-refractivity contribution in [3.8, 4) is 5.75 Å². The van der Waals surface area contributed by atoms with Crippen molar-refractivity contribution in [2.45, 2.75) is 33.3 Å². The van der Waals surface area contributed by atoms with Gasteiger partial charge in [-0.25, -0.2) is 9.18 Å². The van der Waals surface area contributed by atoms with Crippen LogP contribution in [-0.4, -0.2) is 29.3 Å². The molecule has 1 aromatic carbocycles. The number of carbonyl (C=O) groups is 1. The average molecular weight is 335 g/mol. The van der Waals surface area contributed by atoms with Gasteiger partial charge in [0.05, 0.1) is 19.3 Å². The number of nitrogens with one attached hydrogen (secondary N) is 1. The van der Waals surface area contributed by atoms with Crippen LogP contribution in [0.25, 0.3) is 0 Å². The van der Waals surface area contributed by atoms with Crippen molar-refractivity contribution in [2.24, 2.45) is 0 Å². The molecule has 0 aliphatic rings. The molecule has 2 aromatic rings. The van der Waals surface area contributed by atoms with Gasteiger partial charge in [-0.1, -0.05) is 0 Å². The summed E-state index contributed by atoms with van der Waals surface area (Å²) in [6, 6.07) is 5.74. The first-order valence-electron chi connectivity index (χ1n) is 7.82. The molecule has 1 atom stereocenters. The van der Waals surface area contributed by atoms with Crippen LogP contribution in [0, 0.1) is 19.7 Å². The van der Waals surface area contributed by atoms with Gasteiger partial charge in [-0.15, -0.1) is 0 Å². The Kier molecular flexibility index (Phi) is 5.98. The molecule has 130 valence electrons. The second kappa shape index (κ2) is 7.97. The molecule has 6 heteroatoms. The largest absolute Gasteiger partial charge is 0.493 e. The van der Waals surface area contributed by atoms with E-state index in [0.29, 0.717) is 30.0 Å². The predicted molar refractivity (Wildman–Crippen MR) is 87.7 cm³/mol. The number of esters is 1. The third-order valence-corrected chi connectivity index (χ3v) is 3.72. The molecule has 0 saturated heterocycles. The summed E-state index contributed by atoms with van der Waals surface area (Å²) in [6.07, 6.45) is -0.127. The summed E-state index contributed by atoms with van der Waals surface area (Å²) in [5.41, 5.74) is 2.55. The van der Waals surface area contributed by atoms with Crippen molar-refractivity contribution in [1.29, 1.82) is 0 Å². The topological polar surface area (TPSA) is 71.6 Å². The van der Waals surface area contributed by atoms with Gasteiger partial charge in [0.2, 0.25) is 0 Å². The van der Waals surface area contributed by atoms with Gasteiger partial charge < -0.3 is 19.6 Å². The number of hydrogen-bond donors (Lipinski definition) is 2. The molecule has 1 heterocycles. The number of rotatable bonds is 7. The Morgan fingerprint density at radius 2 is 1.92 bits per heavy atom. The highest BCUT2D eigenvalue weighted by Gasteiger charge is 2.20. The summed E-state index contributed by atoms with van der Waals surface area (Å²) in [6.45, 7) is 5.81. The molecule has 0 bridgehead atoms. The van der Waals surface area contributed by atoms with E-state index in [2.05, 4.69) is 4.98 Å². The number of aromatic amines is 1. The standard InChI is InChI=1S/C18H22FNO4/c1-11-16(13(3)21)12(2)20-17(11)18(22)24-10-4-9-23-15-7-5-14(19)6-8-15/h5-8,13,20-21H,4,9-10H2,1-3H3/t13-/m0/s1. The maximum Gasteiger partial charge on any atom is 0.355 e. The summed E-state index contributed by atoms with van der Waals surface area (Å²) in [4.78, 5) is 15.1. The molecule has 2 N–H and O–H groups in total. The number of hydrogen-bond acceptors (Lipinski definition) is 4. The second-order valence-electron chi connectivity index (χ2n) is 5.63. The fourth-order valence-electron chi connectivity index (χ4n) is 2.61. The van der Waals surface area contributed by atoms with Gasteiger partial charge in [0.15, 0.2) is 0 Å². The van der Waals surface area contributed by atoms with E-state index in [0.717, 1.165) is 11.3 Å². The lowest BCUT2D eigenvalue weighted by atomic mass is 10.1. The third-order valence-electron chi connectivity index (χ3n) is 3.72. The molecule has 0 saturated carbocycles. The minimum absolute atomic E-state index is 0.210. The fourth-order valence-corrected chi connectivity index (χ4v) is 2.61. The van der Waals surface area contributed by atoms with Crippen LogP contribution in [0.15, 0.2) is 24.3 Å². The Labute approximate surface area is 140 Å². The molecule has 0 radical (unpaired) electrons. The highest BCUT2D eigenvalue weighted by molar-refractivity contribution is 5.89. The SMILES string of the molecule is Cc1[nH]c(C(=O)OCCCOc2ccc(F)cc2)c(C)c1[C@H](C)O. The summed E-state index contributed by atoms with van der Waals surface area (Å²) >= 11 is 0. The van der Waals surface area contributed by atoms with Gasteiger partial charge >= 0.3 is 5.97 Å². The molecule has 0 fully saturated rings. The Morgan fingerprint density at radius 3 is 2.50 bits per heavy atom. The molecule has 2 rings (SSSR count). The smallest absolute Gasteiger partial charge is 0.355 e. The van der Waals surface area contributed by atoms with Crippen molar-refractivity contribution in [3.05, 3.63) is 52.6 Å². The molecule has 0 aliphatic heterocycles. The van der Waals surface area contributed by atoms with Crippen LogP contribution in [0.2, 0.25) is 0 Å². The summed E-state index contributed by atoms with van der Waals surface area (Å²) in [5.74, 6) is -0.200. The minimum atomic E-state index is -0.646. The average Bonchev–Trinajstić information content (AvgIpc) is 2.83. The number of aromatic nitrogens is 1. The van der Waals surface area contributed by atoms with E-state index in [1.807, 2.05) is 6.92 Å². The van der Waals surface area contributed by atoms with Crippen LogP contribution in [0.4, 0.5) is 4.39 Å². The van der Waals surface area contributed by atoms with Crippen LogP contribution in [-0.2, 0) is 4.74 Å². The first-order valence-corrected chi connectivity index (χ1v) is 7.82. The lowest BCUT2D eigenvalue weighted by Crippen LogP contribution is -2.11.